The van der Waals surface area contributed by atoms with Crippen LogP contribution in [0.2, 0.25) is 0 Å². The minimum atomic E-state index is -4.39. The van der Waals surface area contributed by atoms with Crippen LogP contribution in [-0.2, 0) is 6.18 Å². The largest absolute Gasteiger partial charge is 0.416 e. The first-order valence-corrected chi connectivity index (χ1v) is 6.95. The Hall–Kier alpha value is -1.63. The minimum Gasteiger partial charge on any atom is -0.393 e. The van der Waals surface area contributed by atoms with Gasteiger partial charge in [0.1, 0.15) is 0 Å². The average Bonchev–Trinajstić information content (AvgIpc) is 2.46. The first-order valence-electron chi connectivity index (χ1n) is 6.55. The van der Waals surface area contributed by atoms with Crippen molar-refractivity contribution in [2.75, 3.05) is 13.1 Å². The van der Waals surface area contributed by atoms with Crippen LogP contribution in [0.1, 0.15) is 28.8 Å². The molecule has 0 aromatic heterocycles. The topological polar surface area (TPSA) is 46.3 Å². The standard InChI is InChI=1S/C14H15F3N2OS/c15-14(16,17)11-3-1-10(2-4-11)13(20)19-7-5-9(6-8-19)12(18)21/h1-4,9H,5-8H2,(H2,18,21). The smallest absolute Gasteiger partial charge is 0.393 e. The van der Waals surface area contributed by atoms with Gasteiger partial charge in [0.25, 0.3) is 5.91 Å². The highest BCUT2D eigenvalue weighted by Crippen LogP contribution is 2.29. The van der Waals surface area contributed by atoms with Crippen LogP contribution < -0.4 is 5.73 Å². The molecule has 1 aromatic carbocycles. The van der Waals surface area contributed by atoms with Crippen LogP contribution in [0.25, 0.3) is 0 Å². The molecule has 114 valence electrons. The van der Waals surface area contributed by atoms with Gasteiger partial charge < -0.3 is 10.6 Å². The van der Waals surface area contributed by atoms with E-state index in [1.807, 2.05) is 0 Å². The Labute approximate surface area is 125 Å². The Morgan fingerprint density at radius 1 is 1.19 bits per heavy atom. The molecule has 7 heteroatoms. The number of rotatable bonds is 2. The summed E-state index contributed by atoms with van der Waals surface area (Å²) >= 11 is 4.93. The maximum Gasteiger partial charge on any atom is 0.416 e. The van der Waals surface area contributed by atoms with Crippen LogP contribution in [-0.4, -0.2) is 28.9 Å². The Kier molecular flexibility index (Phi) is 4.51. The van der Waals surface area contributed by atoms with E-state index in [0.717, 1.165) is 12.1 Å². The number of carbonyl (C=O) groups excluding carboxylic acids is 1. The average molecular weight is 316 g/mol. The van der Waals surface area contributed by atoms with Gasteiger partial charge in [-0.25, -0.2) is 0 Å². The molecule has 3 nitrogen and oxygen atoms in total. The summed E-state index contributed by atoms with van der Waals surface area (Å²) in [5.41, 5.74) is 5.08. The van der Waals surface area contributed by atoms with Gasteiger partial charge >= 0.3 is 6.18 Å². The predicted octanol–water partition coefficient (Wildman–Crippen LogP) is 2.84. The van der Waals surface area contributed by atoms with E-state index >= 15 is 0 Å². The molecule has 0 spiro atoms. The van der Waals surface area contributed by atoms with Crippen LogP contribution in [0.4, 0.5) is 13.2 Å². The number of piperidine rings is 1. The van der Waals surface area contributed by atoms with Gasteiger partial charge in [-0.15, -0.1) is 0 Å². The van der Waals surface area contributed by atoms with Crippen LogP contribution in [0.5, 0.6) is 0 Å². The summed E-state index contributed by atoms with van der Waals surface area (Å²) in [4.78, 5) is 14.3. The fraction of sp³-hybridized carbons (Fsp3) is 0.429. The maximum absolute atomic E-state index is 12.5. The molecule has 1 amide bonds. The van der Waals surface area contributed by atoms with E-state index < -0.39 is 11.7 Å². The zero-order chi connectivity index (χ0) is 15.6. The zero-order valence-electron chi connectivity index (χ0n) is 11.2. The number of benzene rings is 1. The molecule has 0 saturated carbocycles. The molecule has 1 aliphatic heterocycles. The third-order valence-electron chi connectivity index (χ3n) is 3.64. The number of hydrogen-bond acceptors (Lipinski definition) is 2. The molecule has 0 atom stereocenters. The predicted molar refractivity (Wildman–Crippen MR) is 76.9 cm³/mol. The summed E-state index contributed by atoms with van der Waals surface area (Å²) in [6.07, 6.45) is -3.00. The lowest BCUT2D eigenvalue weighted by molar-refractivity contribution is -0.137. The number of carbonyl (C=O) groups is 1. The molecule has 2 rings (SSSR count). The van der Waals surface area contributed by atoms with Crippen LogP contribution in [0, 0.1) is 5.92 Å². The Morgan fingerprint density at radius 3 is 2.14 bits per heavy atom. The van der Waals surface area contributed by atoms with Crippen molar-refractivity contribution in [2.24, 2.45) is 11.7 Å². The SMILES string of the molecule is NC(=S)C1CCN(C(=O)c2ccc(C(F)(F)F)cc2)CC1. The molecule has 0 aliphatic carbocycles. The number of thiocarbonyl (C=S) groups is 1. The van der Waals surface area contributed by atoms with Gasteiger partial charge in [0, 0.05) is 24.6 Å². The normalized spacial score (nSPS) is 16.8. The summed E-state index contributed by atoms with van der Waals surface area (Å²) in [7, 11) is 0. The molecular weight excluding hydrogens is 301 g/mol. The lowest BCUT2D eigenvalue weighted by atomic mass is 9.96. The van der Waals surface area contributed by atoms with E-state index in [2.05, 4.69) is 0 Å². The highest BCUT2D eigenvalue weighted by Gasteiger charge is 2.31. The molecule has 0 bridgehead atoms. The number of hydrogen-bond donors (Lipinski definition) is 1. The fourth-order valence-corrected chi connectivity index (χ4v) is 2.59. The fourth-order valence-electron chi connectivity index (χ4n) is 2.35. The number of likely N-dealkylation sites (tertiary alicyclic amines) is 1. The maximum atomic E-state index is 12.5. The second kappa shape index (κ2) is 6.01. The van der Waals surface area contributed by atoms with Gasteiger partial charge in [0.2, 0.25) is 0 Å². The first kappa shape index (κ1) is 15.8. The van der Waals surface area contributed by atoms with E-state index in [4.69, 9.17) is 18.0 Å². The Bertz CT molecular complexity index is 534. The van der Waals surface area contributed by atoms with E-state index in [0.29, 0.717) is 30.9 Å². The molecule has 0 unspecified atom stereocenters. The number of nitrogens with zero attached hydrogens (tertiary/aromatic N) is 1. The number of nitrogens with two attached hydrogens (primary N) is 1. The molecule has 2 N–H and O–H groups in total. The molecule has 21 heavy (non-hydrogen) atoms. The van der Waals surface area contributed by atoms with Crippen molar-refractivity contribution in [3.63, 3.8) is 0 Å². The summed E-state index contributed by atoms with van der Waals surface area (Å²) in [5.74, 6) is -0.123. The Balaban J connectivity index is 2.03. The molecule has 1 heterocycles. The van der Waals surface area contributed by atoms with Crippen molar-refractivity contribution in [3.05, 3.63) is 35.4 Å². The monoisotopic (exact) mass is 316 g/mol. The summed E-state index contributed by atoms with van der Waals surface area (Å²) in [6, 6.07) is 4.28. The van der Waals surface area contributed by atoms with Crippen LogP contribution in [0.3, 0.4) is 0 Å². The van der Waals surface area contributed by atoms with Crippen molar-refractivity contribution in [1.29, 1.82) is 0 Å². The molecule has 1 fully saturated rings. The molecule has 1 aliphatic rings. The molecular formula is C14H15F3N2OS. The van der Waals surface area contributed by atoms with Crippen molar-refractivity contribution < 1.29 is 18.0 Å². The lowest BCUT2D eigenvalue weighted by Gasteiger charge is -2.31. The van der Waals surface area contributed by atoms with Crippen molar-refractivity contribution >= 4 is 23.1 Å². The van der Waals surface area contributed by atoms with E-state index in [9.17, 15) is 18.0 Å². The highest BCUT2D eigenvalue weighted by atomic mass is 32.1. The van der Waals surface area contributed by atoms with Gasteiger partial charge in [0.05, 0.1) is 10.6 Å². The second-order valence-corrected chi connectivity index (χ2v) is 5.52. The summed E-state index contributed by atoms with van der Waals surface area (Å²) < 4.78 is 37.4. The van der Waals surface area contributed by atoms with Crippen molar-refractivity contribution in [1.82, 2.24) is 4.90 Å². The number of amides is 1. The molecule has 0 radical (unpaired) electrons. The third kappa shape index (κ3) is 3.72. The quantitative estimate of drug-likeness (QED) is 0.854. The van der Waals surface area contributed by atoms with Crippen molar-refractivity contribution in [2.45, 2.75) is 19.0 Å². The third-order valence-corrected chi connectivity index (χ3v) is 3.98. The van der Waals surface area contributed by atoms with Gasteiger partial charge in [0.15, 0.2) is 0 Å². The minimum absolute atomic E-state index is 0.136. The van der Waals surface area contributed by atoms with Gasteiger partial charge in [-0.1, -0.05) is 12.2 Å². The van der Waals surface area contributed by atoms with Crippen LogP contribution >= 0.6 is 12.2 Å². The van der Waals surface area contributed by atoms with Crippen molar-refractivity contribution in [3.8, 4) is 0 Å². The van der Waals surface area contributed by atoms with Gasteiger partial charge in [-0.3, -0.25) is 4.79 Å². The lowest BCUT2D eigenvalue weighted by Crippen LogP contribution is -2.41. The summed E-state index contributed by atoms with van der Waals surface area (Å²) in [5, 5.41) is 0. The van der Waals surface area contributed by atoms with E-state index in [1.165, 1.54) is 12.1 Å². The summed E-state index contributed by atoms with van der Waals surface area (Å²) in [6.45, 7) is 1.03. The first-order chi connectivity index (χ1) is 9.79. The van der Waals surface area contributed by atoms with E-state index in [1.54, 1.807) is 4.90 Å². The van der Waals surface area contributed by atoms with Crippen LogP contribution in [0.15, 0.2) is 24.3 Å². The number of halogens is 3. The van der Waals surface area contributed by atoms with E-state index in [-0.39, 0.29) is 17.4 Å². The zero-order valence-corrected chi connectivity index (χ0v) is 12.0. The number of alkyl halides is 3. The van der Waals surface area contributed by atoms with Gasteiger partial charge in [-0.2, -0.15) is 13.2 Å². The molecule has 1 aromatic rings. The Morgan fingerprint density at radius 2 is 1.71 bits per heavy atom. The highest BCUT2D eigenvalue weighted by molar-refractivity contribution is 7.80. The van der Waals surface area contributed by atoms with Gasteiger partial charge in [-0.05, 0) is 37.1 Å². The second-order valence-electron chi connectivity index (χ2n) is 5.04. The molecule has 1 saturated heterocycles.